The van der Waals surface area contributed by atoms with E-state index in [0.29, 0.717) is 40.5 Å². The fourth-order valence-electron chi connectivity index (χ4n) is 2.38. The molecule has 3 rings (SSSR count). The van der Waals surface area contributed by atoms with Crippen LogP contribution in [0.3, 0.4) is 0 Å². The molecule has 0 atom stereocenters. The van der Waals surface area contributed by atoms with Gasteiger partial charge in [-0.2, -0.15) is 0 Å². The van der Waals surface area contributed by atoms with Gasteiger partial charge in [0.1, 0.15) is 5.75 Å². The molecule has 2 aromatic carbocycles. The van der Waals surface area contributed by atoms with Crippen LogP contribution in [0.1, 0.15) is 20.7 Å². The van der Waals surface area contributed by atoms with Crippen LogP contribution < -0.4 is 9.64 Å². The second kappa shape index (κ2) is 6.31. The quantitative estimate of drug-likeness (QED) is 0.271. The Labute approximate surface area is 165 Å². The summed E-state index contributed by atoms with van der Waals surface area (Å²) >= 11 is 13.6. The van der Waals surface area contributed by atoms with E-state index in [9.17, 15) is 9.59 Å². The molecule has 1 heterocycles. The number of rotatable bonds is 2. The lowest BCUT2D eigenvalue weighted by atomic mass is 10.1. The maximum Gasteiger partial charge on any atom is 0.267 e. The normalized spacial score (nSPS) is 13.5. The number of anilines is 1. The number of carbonyl (C=O) groups excluding carboxylic acids is 2. The third kappa shape index (κ3) is 2.50. The SMILES string of the molecule is COc1ccccc1N1C(=O)c2c(Br)c(Br)c(Br)c(Br)c2C1=O. The van der Waals surface area contributed by atoms with Gasteiger partial charge in [-0.15, -0.1) is 0 Å². The molecule has 0 bridgehead atoms. The largest absolute Gasteiger partial charge is 0.495 e. The van der Waals surface area contributed by atoms with Crippen LogP contribution in [0, 0.1) is 0 Å². The second-order valence-corrected chi connectivity index (χ2v) is 7.80. The Morgan fingerprint density at radius 2 is 1.30 bits per heavy atom. The number of nitrogens with zero attached hydrogens (tertiary/aromatic N) is 1. The fourth-order valence-corrected chi connectivity index (χ4v) is 4.84. The smallest absolute Gasteiger partial charge is 0.267 e. The highest BCUT2D eigenvalue weighted by Gasteiger charge is 2.42. The molecule has 118 valence electrons. The van der Waals surface area contributed by atoms with Crippen molar-refractivity contribution in [3.8, 4) is 5.75 Å². The van der Waals surface area contributed by atoms with Gasteiger partial charge in [-0.3, -0.25) is 9.59 Å². The lowest BCUT2D eigenvalue weighted by Gasteiger charge is -2.17. The molecule has 0 fully saturated rings. The van der Waals surface area contributed by atoms with E-state index in [2.05, 4.69) is 63.7 Å². The standard InChI is InChI=1S/C15H7Br4NO3/c1-23-7-5-3-2-4-6(7)20-14(21)8-9(15(20)22)11(17)13(19)12(18)10(8)16/h2-5H,1H3. The molecule has 0 aromatic heterocycles. The molecule has 23 heavy (non-hydrogen) atoms. The summed E-state index contributed by atoms with van der Waals surface area (Å²) in [5.74, 6) is -0.363. The lowest BCUT2D eigenvalue weighted by molar-refractivity contribution is 0.0924. The maximum atomic E-state index is 12.9. The first-order valence-corrected chi connectivity index (χ1v) is 9.45. The van der Waals surface area contributed by atoms with E-state index in [4.69, 9.17) is 4.74 Å². The summed E-state index contributed by atoms with van der Waals surface area (Å²) in [5.41, 5.74) is 1.03. The van der Waals surface area contributed by atoms with Gasteiger partial charge in [0.05, 0.1) is 23.9 Å². The molecular weight excluding hydrogens is 562 g/mol. The molecule has 2 amide bonds. The summed E-state index contributed by atoms with van der Waals surface area (Å²) in [6.07, 6.45) is 0. The molecule has 1 aliphatic rings. The van der Waals surface area contributed by atoms with E-state index in [1.165, 1.54) is 7.11 Å². The van der Waals surface area contributed by atoms with Gasteiger partial charge in [0.15, 0.2) is 0 Å². The lowest BCUT2D eigenvalue weighted by Crippen LogP contribution is -2.29. The van der Waals surface area contributed by atoms with Crippen molar-refractivity contribution in [2.45, 2.75) is 0 Å². The van der Waals surface area contributed by atoms with E-state index in [1.54, 1.807) is 24.3 Å². The third-order valence-electron chi connectivity index (χ3n) is 3.43. The van der Waals surface area contributed by atoms with Crippen molar-refractivity contribution < 1.29 is 14.3 Å². The van der Waals surface area contributed by atoms with Crippen LogP contribution in [0.25, 0.3) is 0 Å². The number of benzene rings is 2. The Bertz CT molecular complexity index is 819. The molecule has 1 aliphatic heterocycles. The van der Waals surface area contributed by atoms with Crippen molar-refractivity contribution >= 4 is 81.2 Å². The number of fused-ring (bicyclic) bond motifs is 1. The summed E-state index contributed by atoms with van der Waals surface area (Å²) in [7, 11) is 1.50. The van der Waals surface area contributed by atoms with Gasteiger partial charge < -0.3 is 4.74 Å². The molecule has 4 nitrogen and oxygen atoms in total. The number of imide groups is 1. The Hall–Kier alpha value is -0.700. The zero-order chi connectivity index (χ0) is 16.9. The summed E-state index contributed by atoms with van der Waals surface area (Å²) in [6.45, 7) is 0. The third-order valence-corrected chi connectivity index (χ3v) is 8.20. The minimum Gasteiger partial charge on any atom is -0.495 e. The molecule has 0 aliphatic carbocycles. The van der Waals surface area contributed by atoms with Gasteiger partial charge in [0, 0.05) is 17.9 Å². The number of methoxy groups -OCH3 is 1. The zero-order valence-corrected chi connectivity index (χ0v) is 17.8. The van der Waals surface area contributed by atoms with Crippen molar-refractivity contribution in [3.05, 3.63) is 53.3 Å². The molecule has 8 heteroatoms. The van der Waals surface area contributed by atoms with E-state index in [1.807, 2.05) is 0 Å². The van der Waals surface area contributed by atoms with Crippen LogP contribution >= 0.6 is 63.7 Å². The fraction of sp³-hybridized carbons (Fsp3) is 0.0667. The Balaban J connectivity index is 2.27. The summed E-state index contributed by atoms with van der Waals surface area (Å²) in [5, 5.41) is 0. The summed E-state index contributed by atoms with van der Waals surface area (Å²) in [4.78, 5) is 26.9. The van der Waals surface area contributed by atoms with Crippen molar-refractivity contribution in [2.75, 3.05) is 12.0 Å². The highest BCUT2D eigenvalue weighted by atomic mass is 79.9. The predicted molar refractivity (Wildman–Crippen MR) is 101 cm³/mol. The number of ether oxygens (including phenoxy) is 1. The highest BCUT2D eigenvalue weighted by molar-refractivity contribution is 9.15. The molecule has 0 radical (unpaired) electrons. The maximum absolute atomic E-state index is 12.9. The van der Waals surface area contributed by atoms with Gasteiger partial charge in [-0.05, 0) is 75.9 Å². The number of para-hydroxylation sites is 2. The number of hydrogen-bond acceptors (Lipinski definition) is 3. The number of halogens is 4. The van der Waals surface area contributed by atoms with Gasteiger partial charge in [0.25, 0.3) is 11.8 Å². The summed E-state index contributed by atoms with van der Waals surface area (Å²) < 4.78 is 7.64. The zero-order valence-electron chi connectivity index (χ0n) is 11.5. The molecule has 0 spiro atoms. The van der Waals surface area contributed by atoms with E-state index >= 15 is 0 Å². The van der Waals surface area contributed by atoms with Crippen LogP contribution in [-0.2, 0) is 0 Å². The van der Waals surface area contributed by atoms with Gasteiger partial charge in [-0.1, -0.05) is 12.1 Å². The highest BCUT2D eigenvalue weighted by Crippen LogP contribution is 2.46. The van der Waals surface area contributed by atoms with E-state index < -0.39 is 11.8 Å². The predicted octanol–water partition coefficient (Wildman–Crippen LogP) is 5.55. The van der Waals surface area contributed by atoms with Crippen molar-refractivity contribution in [3.63, 3.8) is 0 Å². The molecule has 0 saturated heterocycles. The minimum absolute atomic E-state index is 0.308. The average Bonchev–Trinajstić information content (AvgIpc) is 2.81. The van der Waals surface area contributed by atoms with E-state index in [0.717, 1.165) is 4.90 Å². The van der Waals surface area contributed by atoms with Crippen LogP contribution in [0.2, 0.25) is 0 Å². The van der Waals surface area contributed by atoms with Crippen LogP contribution in [0.5, 0.6) is 5.75 Å². The molecule has 2 aromatic rings. The Kier molecular flexibility index (Phi) is 4.70. The number of carbonyl (C=O) groups is 2. The first kappa shape index (κ1) is 17.1. The Morgan fingerprint density at radius 3 is 1.78 bits per heavy atom. The number of amides is 2. The van der Waals surface area contributed by atoms with Crippen LogP contribution in [0.4, 0.5) is 5.69 Å². The topological polar surface area (TPSA) is 46.6 Å². The molecule has 0 N–H and O–H groups in total. The van der Waals surface area contributed by atoms with Gasteiger partial charge in [-0.25, -0.2) is 4.90 Å². The first-order valence-electron chi connectivity index (χ1n) is 6.27. The van der Waals surface area contributed by atoms with Crippen LogP contribution in [0.15, 0.2) is 42.2 Å². The van der Waals surface area contributed by atoms with Crippen molar-refractivity contribution in [1.29, 1.82) is 0 Å². The summed E-state index contributed by atoms with van der Waals surface area (Å²) in [6, 6.07) is 6.90. The van der Waals surface area contributed by atoms with Crippen LogP contribution in [-0.4, -0.2) is 18.9 Å². The second-order valence-electron chi connectivity index (χ2n) is 4.62. The minimum atomic E-state index is -0.407. The monoisotopic (exact) mass is 565 g/mol. The molecule has 0 unspecified atom stereocenters. The van der Waals surface area contributed by atoms with Gasteiger partial charge >= 0.3 is 0 Å². The van der Waals surface area contributed by atoms with Gasteiger partial charge in [0.2, 0.25) is 0 Å². The number of hydrogen-bond donors (Lipinski definition) is 0. The average molecular weight is 569 g/mol. The van der Waals surface area contributed by atoms with Crippen molar-refractivity contribution in [1.82, 2.24) is 0 Å². The van der Waals surface area contributed by atoms with Crippen molar-refractivity contribution in [2.24, 2.45) is 0 Å². The molecule has 0 saturated carbocycles. The van der Waals surface area contributed by atoms with E-state index in [-0.39, 0.29) is 0 Å². The first-order chi connectivity index (χ1) is 10.9. The molecular formula is C15H7Br4NO3. The Morgan fingerprint density at radius 1 is 0.826 bits per heavy atom.